The van der Waals surface area contributed by atoms with E-state index in [0.29, 0.717) is 15.1 Å². The van der Waals surface area contributed by atoms with Crippen molar-refractivity contribution in [2.45, 2.75) is 19.4 Å². The van der Waals surface area contributed by atoms with Gasteiger partial charge in [0, 0.05) is 0 Å². The van der Waals surface area contributed by atoms with Gasteiger partial charge in [0.25, 0.3) is 0 Å². The van der Waals surface area contributed by atoms with Gasteiger partial charge in [0.2, 0.25) is 0 Å². The van der Waals surface area contributed by atoms with Crippen LogP contribution in [0.15, 0.2) is 36.4 Å². The molecule has 0 bridgehead atoms. The Hall–Kier alpha value is -1.09. The van der Waals surface area contributed by atoms with Crippen molar-refractivity contribution in [2.24, 2.45) is 0 Å². The molecule has 0 radical (unpaired) electrons. The molecule has 5 heteroatoms. The number of benzene rings is 2. The molecule has 2 nitrogen and oxygen atoms in total. The summed E-state index contributed by atoms with van der Waals surface area (Å²) in [6.45, 7) is 2.10. The number of hydrogen-bond acceptors (Lipinski definition) is 2. The highest BCUT2D eigenvalue weighted by Gasteiger charge is 2.13. The lowest BCUT2D eigenvalue weighted by Crippen LogP contribution is -2.10. The lowest BCUT2D eigenvalue weighted by Gasteiger charge is -2.20. The first-order valence-corrected chi connectivity index (χ1v) is 7.73. The van der Waals surface area contributed by atoms with Crippen molar-refractivity contribution in [1.82, 2.24) is 0 Å². The number of halogens is 3. The van der Waals surface area contributed by atoms with E-state index in [1.54, 1.807) is 19.2 Å². The Labute approximate surface area is 140 Å². The van der Waals surface area contributed by atoms with Crippen molar-refractivity contribution < 1.29 is 4.74 Å². The van der Waals surface area contributed by atoms with E-state index in [1.807, 2.05) is 24.3 Å². The zero-order chi connectivity index (χ0) is 15.4. The molecule has 0 aliphatic heterocycles. The number of hydrogen-bond donors (Lipinski definition) is 1. The second-order valence-electron chi connectivity index (χ2n) is 4.62. The summed E-state index contributed by atoms with van der Waals surface area (Å²) in [4.78, 5) is 0. The number of ether oxygens (including phenoxy) is 1. The normalized spacial score (nSPS) is 12.0. The monoisotopic (exact) mass is 343 g/mol. The minimum absolute atomic E-state index is 0.130. The Morgan fingerprint density at radius 1 is 1.00 bits per heavy atom. The number of rotatable bonds is 5. The van der Waals surface area contributed by atoms with E-state index in [-0.39, 0.29) is 6.04 Å². The van der Waals surface area contributed by atoms with Crippen LogP contribution in [0.25, 0.3) is 0 Å². The standard InChI is InChI=1S/C16H16Cl3NO/c1-3-15(10-4-6-11(21-2)7-5-10)20-16-9-13(18)12(17)8-14(16)19/h4-9,15,20H,3H2,1-2H3. The molecular weight excluding hydrogens is 329 g/mol. The second kappa shape index (κ2) is 7.26. The Morgan fingerprint density at radius 3 is 2.19 bits per heavy atom. The molecule has 0 heterocycles. The lowest BCUT2D eigenvalue weighted by molar-refractivity contribution is 0.414. The molecule has 0 amide bonds. The third-order valence-electron chi connectivity index (χ3n) is 3.27. The van der Waals surface area contributed by atoms with Gasteiger partial charge in [-0.3, -0.25) is 0 Å². The Balaban J connectivity index is 2.24. The Bertz CT molecular complexity index is 614. The van der Waals surface area contributed by atoms with Gasteiger partial charge < -0.3 is 10.1 Å². The predicted molar refractivity (Wildman–Crippen MR) is 91.1 cm³/mol. The van der Waals surface area contributed by atoms with Crippen LogP contribution in [0, 0.1) is 0 Å². The molecule has 1 unspecified atom stereocenters. The van der Waals surface area contributed by atoms with Gasteiger partial charge in [-0.05, 0) is 36.2 Å². The van der Waals surface area contributed by atoms with E-state index in [0.717, 1.165) is 23.4 Å². The molecule has 0 aromatic heterocycles. The highest BCUT2D eigenvalue weighted by molar-refractivity contribution is 6.44. The van der Waals surface area contributed by atoms with Crippen molar-refractivity contribution in [1.29, 1.82) is 0 Å². The lowest BCUT2D eigenvalue weighted by atomic mass is 10.0. The van der Waals surface area contributed by atoms with Crippen molar-refractivity contribution in [3.63, 3.8) is 0 Å². The van der Waals surface area contributed by atoms with E-state index in [4.69, 9.17) is 39.5 Å². The molecule has 0 aliphatic rings. The van der Waals surface area contributed by atoms with Crippen LogP contribution in [0.5, 0.6) is 5.75 Å². The van der Waals surface area contributed by atoms with Crippen LogP contribution in [0.3, 0.4) is 0 Å². The van der Waals surface area contributed by atoms with Crippen molar-refractivity contribution in [3.8, 4) is 5.75 Å². The predicted octanol–water partition coefficient (Wildman–Crippen LogP) is 6.22. The quantitative estimate of drug-likeness (QED) is 0.650. The highest BCUT2D eigenvalue weighted by atomic mass is 35.5. The van der Waals surface area contributed by atoms with Gasteiger partial charge in [0.05, 0.1) is 33.9 Å². The first kappa shape index (κ1) is 16.3. The van der Waals surface area contributed by atoms with Gasteiger partial charge >= 0.3 is 0 Å². The number of methoxy groups -OCH3 is 1. The maximum Gasteiger partial charge on any atom is 0.118 e. The molecule has 1 atom stereocenters. The van der Waals surface area contributed by atoms with E-state index in [1.165, 1.54) is 0 Å². The largest absolute Gasteiger partial charge is 0.497 e. The van der Waals surface area contributed by atoms with Crippen LogP contribution >= 0.6 is 34.8 Å². The SMILES string of the molecule is CCC(Nc1cc(Cl)c(Cl)cc1Cl)c1ccc(OC)cc1. The van der Waals surface area contributed by atoms with Crippen molar-refractivity contribution in [3.05, 3.63) is 57.0 Å². The van der Waals surface area contributed by atoms with E-state index in [2.05, 4.69) is 12.2 Å². The highest BCUT2D eigenvalue weighted by Crippen LogP contribution is 2.35. The molecule has 0 spiro atoms. The van der Waals surface area contributed by atoms with Crippen molar-refractivity contribution in [2.75, 3.05) is 12.4 Å². The Kier molecular flexibility index (Phi) is 5.63. The smallest absolute Gasteiger partial charge is 0.118 e. The molecule has 2 rings (SSSR count). The molecule has 112 valence electrons. The van der Waals surface area contributed by atoms with Gasteiger partial charge in [0.15, 0.2) is 0 Å². The third kappa shape index (κ3) is 3.97. The van der Waals surface area contributed by atoms with Gasteiger partial charge in [0.1, 0.15) is 5.75 Å². The number of anilines is 1. The summed E-state index contributed by atoms with van der Waals surface area (Å²) in [5.41, 5.74) is 1.93. The van der Waals surface area contributed by atoms with Gasteiger partial charge in [-0.25, -0.2) is 0 Å². The molecule has 2 aromatic rings. The molecule has 1 N–H and O–H groups in total. The topological polar surface area (TPSA) is 21.3 Å². The fourth-order valence-electron chi connectivity index (χ4n) is 2.08. The average Bonchev–Trinajstić information content (AvgIpc) is 2.50. The summed E-state index contributed by atoms with van der Waals surface area (Å²) in [6, 6.07) is 11.5. The number of nitrogens with one attached hydrogen (secondary N) is 1. The minimum atomic E-state index is 0.130. The van der Waals surface area contributed by atoms with Crippen LogP contribution in [-0.4, -0.2) is 7.11 Å². The zero-order valence-electron chi connectivity index (χ0n) is 11.8. The Morgan fingerprint density at radius 2 is 1.62 bits per heavy atom. The van der Waals surface area contributed by atoms with Crippen LogP contribution in [-0.2, 0) is 0 Å². The fraction of sp³-hybridized carbons (Fsp3) is 0.250. The summed E-state index contributed by atoms with van der Waals surface area (Å²) in [7, 11) is 1.65. The maximum absolute atomic E-state index is 6.21. The fourth-order valence-corrected chi connectivity index (χ4v) is 2.68. The maximum atomic E-state index is 6.21. The summed E-state index contributed by atoms with van der Waals surface area (Å²) in [5.74, 6) is 0.834. The molecule has 21 heavy (non-hydrogen) atoms. The van der Waals surface area contributed by atoms with E-state index < -0.39 is 0 Å². The van der Waals surface area contributed by atoms with Crippen LogP contribution in [0.1, 0.15) is 24.9 Å². The second-order valence-corrected chi connectivity index (χ2v) is 5.85. The van der Waals surface area contributed by atoms with Crippen molar-refractivity contribution >= 4 is 40.5 Å². The van der Waals surface area contributed by atoms with E-state index >= 15 is 0 Å². The minimum Gasteiger partial charge on any atom is -0.497 e. The molecular formula is C16H16Cl3NO. The average molecular weight is 345 g/mol. The van der Waals surface area contributed by atoms with Crippen LogP contribution in [0.2, 0.25) is 15.1 Å². The van der Waals surface area contributed by atoms with Crippen LogP contribution in [0.4, 0.5) is 5.69 Å². The van der Waals surface area contributed by atoms with Crippen LogP contribution < -0.4 is 10.1 Å². The summed E-state index contributed by atoms with van der Waals surface area (Å²) < 4.78 is 5.18. The molecule has 0 aliphatic carbocycles. The van der Waals surface area contributed by atoms with Gasteiger partial charge in [-0.15, -0.1) is 0 Å². The molecule has 0 fully saturated rings. The zero-order valence-corrected chi connectivity index (χ0v) is 14.1. The van der Waals surface area contributed by atoms with Gasteiger partial charge in [-0.2, -0.15) is 0 Å². The molecule has 0 saturated carbocycles. The third-order valence-corrected chi connectivity index (χ3v) is 4.30. The van der Waals surface area contributed by atoms with E-state index in [9.17, 15) is 0 Å². The molecule has 0 saturated heterocycles. The first-order valence-electron chi connectivity index (χ1n) is 6.60. The first-order chi connectivity index (χ1) is 10.0. The summed E-state index contributed by atoms with van der Waals surface area (Å²) >= 11 is 18.2. The molecule has 2 aromatic carbocycles. The summed E-state index contributed by atoms with van der Waals surface area (Å²) in [6.07, 6.45) is 0.906. The summed E-state index contributed by atoms with van der Waals surface area (Å²) in [5, 5.41) is 4.88. The van der Waals surface area contributed by atoms with Gasteiger partial charge in [-0.1, -0.05) is 53.9 Å².